The summed E-state index contributed by atoms with van der Waals surface area (Å²) in [5.74, 6) is 1.53. The van der Waals surface area contributed by atoms with Crippen LogP contribution < -0.4 is 5.32 Å². The van der Waals surface area contributed by atoms with Crippen molar-refractivity contribution >= 4 is 10.8 Å². The Morgan fingerprint density at radius 2 is 2.12 bits per heavy atom. The van der Waals surface area contributed by atoms with Gasteiger partial charge in [0.05, 0.1) is 0 Å². The van der Waals surface area contributed by atoms with Gasteiger partial charge >= 0.3 is 0 Å². The van der Waals surface area contributed by atoms with Gasteiger partial charge in [-0.1, -0.05) is 25.1 Å². The molecule has 0 aromatic heterocycles. The van der Waals surface area contributed by atoms with Crippen LogP contribution in [0, 0.1) is 0 Å². The standard InChI is InChI=1S/C14H21NOS/c1-2-17(16)9-8-15-11-12-6-7-13-4-3-5-14(13)10-12/h6-7,10,15H,2-5,8-9,11H2,1H3. The second-order valence-corrected chi connectivity index (χ2v) is 6.43. The largest absolute Gasteiger partial charge is 0.312 e. The van der Waals surface area contributed by atoms with E-state index in [2.05, 4.69) is 23.5 Å². The van der Waals surface area contributed by atoms with Gasteiger partial charge in [-0.2, -0.15) is 0 Å². The number of rotatable bonds is 6. The minimum atomic E-state index is -0.647. The molecule has 0 bridgehead atoms. The summed E-state index contributed by atoms with van der Waals surface area (Å²) in [6.45, 7) is 3.71. The van der Waals surface area contributed by atoms with Gasteiger partial charge in [0, 0.05) is 35.4 Å². The molecule has 1 N–H and O–H groups in total. The minimum absolute atomic E-state index is 0.647. The molecule has 2 rings (SSSR count). The molecular formula is C14H21NOS. The molecule has 3 heteroatoms. The van der Waals surface area contributed by atoms with E-state index in [9.17, 15) is 4.21 Å². The van der Waals surface area contributed by atoms with Crippen LogP contribution in [0.5, 0.6) is 0 Å². The van der Waals surface area contributed by atoms with Crippen molar-refractivity contribution in [1.82, 2.24) is 5.32 Å². The summed E-state index contributed by atoms with van der Waals surface area (Å²) >= 11 is 0. The molecule has 0 fully saturated rings. The quantitative estimate of drug-likeness (QED) is 0.784. The zero-order valence-electron chi connectivity index (χ0n) is 10.5. The lowest BCUT2D eigenvalue weighted by atomic mass is 10.1. The van der Waals surface area contributed by atoms with Gasteiger partial charge in [-0.15, -0.1) is 0 Å². The molecule has 0 amide bonds. The van der Waals surface area contributed by atoms with Gasteiger partial charge in [0.25, 0.3) is 0 Å². The van der Waals surface area contributed by atoms with Gasteiger partial charge in [0.15, 0.2) is 0 Å². The van der Waals surface area contributed by atoms with Crippen LogP contribution in [0.3, 0.4) is 0 Å². The van der Waals surface area contributed by atoms with Crippen LogP contribution in [0.4, 0.5) is 0 Å². The van der Waals surface area contributed by atoms with Crippen LogP contribution in [0.2, 0.25) is 0 Å². The highest BCUT2D eigenvalue weighted by Gasteiger charge is 2.10. The fourth-order valence-corrected chi connectivity index (χ4v) is 2.96. The smallest absolute Gasteiger partial charge is 0.0360 e. The molecule has 0 saturated heterocycles. The molecule has 0 radical (unpaired) electrons. The van der Waals surface area contributed by atoms with E-state index < -0.39 is 10.8 Å². The first-order valence-electron chi connectivity index (χ1n) is 6.46. The summed E-state index contributed by atoms with van der Waals surface area (Å²) in [6, 6.07) is 6.81. The van der Waals surface area contributed by atoms with Crippen molar-refractivity contribution in [3.63, 3.8) is 0 Å². The lowest BCUT2D eigenvalue weighted by Gasteiger charge is -2.06. The Morgan fingerprint density at radius 1 is 1.29 bits per heavy atom. The molecule has 1 aromatic rings. The second-order valence-electron chi connectivity index (χ2n) is 4.57. The molecule has 94 valence electrons. The molecule has 2 nitrogen and oxygen atoms in total. The first-order valence-corrected chi connectivity index (χ1v) is 7.94. The Kier molecular flexibility index (Phi) is 4.75. The Hall–Kier alpha value is -0.670. The minimum Gasteiger partial charge on any atom is -0.312 e. The van der Waals surface area contributed by atoms with Crippen molar-refractivity contribution in [3.8, 4) is 0 Å². The number of hydrogen-bond acceptors (Lipinski definition) is 2. The van der Waals surface area contributed by atoms with E-state index in [4.69, 9.17) is 0 Å². The molecule has 17 heavy (non-hydrogen) atoms. The first kappa shape index (κ1) is 12.8. The molecule has 0 heterocycles. The maximum Gasteiger partial charge on any atom is 0.0360 e. The summed E-state index contributed by atoms with van der Waals surface area (Å²) in [7, 11) is -0.647. The summed E-state index contributed by atoms with van der Waals surface area (Å²) in [6.07, 6.45) is 3.79. The third kappa shape index (κ3) is 3.65. The Morgan fingerprint density at radius 3 is 2.94 bits per heavy atom. The molecule has 1 atom stereocenters. The Labute approximate surface area is 106 Å². The normalized spacial score (nSPS) is 15.8. The van der Waals surface area contributed by atoms with Crippen molar-refractivity contribution in [2.24, 2.45) is 0 Å². The third-order valence-electron chi connectivity index (χ3n) is 3.32. The maximum absolute atomic E-state index is 11.2. The van der Waals surface area contributed by atoms with Crippen LogP contribution in [0.15, 0.2) is 18.2 Å². The van der Waals surface area contributed by atoms with E-state index in [-0.39, 0.29) is 0 Å². The van der Waals surface area contributed by atoms with Crippen LogP contribution in [-0.2, 0) is 30.2 Å². The van der Waals surface area contributed by atoms with Gasteiger partial charge in [-0.05, 0) is 36.0 Å². The van der Waals surface area contributed by atoms with Crippen molar-refractivity contribution in [2.75, 3.05) is 18.1 Å². The highest BCUT2D eigenvalue weighted by Crippen LogP contribution is 2.22. The van der Waals surface area contributed by atoms with Crippen molar-refractivity contribution in [2.45, 2.75) is 32.7 Å². The molecule has 1 aliphatic carbocycles. The predicted octanol–water partition coefficient (Wildman–Crippen LogP) is 2.03. The summed E-state index contributed by atoms with van der Waals surface area (Å²) in [5, 5.41) is 3.37. The lowest BCUT2D eigenvalue weighted by Crippen LogP contribution is -2.20. The fourth-order valence-electron chi connectivity index (χ4n) is 2.30. The van der Waals surface area contributed by atoms with Gasteiger partial charge in [0.1, 0.15) is 0 Å². The number of aryl methyl sites for hydroxylation is 2. The van der Waals surface area contributed by atoms with Gasteiger partial charge < -0.3 is 5.32 Å². The molecule has 1 aromatic carbocycles. The zero-order chi connectivity index (χ0) is 12.1. The second kappa shape index (κ2) is 6.31. The summed E-state index contributed by atoms with van der Waals surface area (Å²) in [4.78, 5) is 0. The van der Waals surface area contributed by atoms with E-state index >= 15 is 0 Å². The Balaban J connectivity index is 1.78. The van der Waals surface area contributed by atoms with E-state index in [1.54, 1.807) is 0 Å². The summed E-state index contributed by atoms with van der Waals surface area (Å²) < 4.78 is 11.2. The molecule has 1 aliphatic rings. The van der Waals surface area contributed by atoms with E-state index in [0.717, 1.165) is 24.6 Å². The van der Waals surface area contributed by atoms with Crippen LogP contribution >= 0.6 is 0 Å². The van der Waals surface area contributed by atoms with Gasteiger partial charge in [0.2, 0.25) is 0 Å². The fraction of sp³-hybridized carbons (Fsp3) is 0.571. The van der Waals surface area contributed by atoms with Crippen LogP contribution in [0.1, 0.15) is 30.0 Å². The first-order chi connectivity index (χ1) is 8.29. The number of nitrogens with one attached hydrogen (secondary N) is 1. The number of fused-ring (bicyclic) bond motifs is 1. The highest BCUT2D eigenvalue weighted by molar-refractivity contribution is 7.84. The lowest BCUT2D eigenvalue weighted by molar-refractivity contribution is 0.673. The SMILES string of the molecule is CCS(=O)CCNCc1ccc2c(c1)CCC2. The highest BCUT2D eigenvalue weighted by atomic mass is 32.2. The van der Waals surface area contributed by atoms with Crippen molar-refractivity contribution < 1.29 is 4.21 Å². The average Bonchev–Trinajstić information content (AvgIpc) is 2.81. The van der Waals surface area contributed by atoms with E-state index in [1.807, 2.05) is 6.92 Å². The monoisotopic (exact) mass is 251 g/mol. The molecule has 1 unspecified atom stereocenters. The molecular weight excluding hydrogens is 230 g/mol. The number of benzene rings is 1. The van der Waals surface area contributed by atoms with Crippen molar-refractivity contribution in [1.29, 1.82) is 0 Å². The van der Waals surface area contributed by atoms with Crippen LogP contribution in [-0.4, -0.2) is 22.3 Å². The predicted molar refractivity (Wildman–Crippen MR) is 73.7 cm³/mol. The topological polar surface area (TPSA) is 29.1 Å². The van der Waals surface area contributed by atoms with Gasteiger partial charge in [-0.25, -0.2) is 0 Å². The van der Waals surface area contributed by atoms with Gasteiger partial charge in [-0.3, -0.25) is 4.21 Å². The zero-order valence-corrected chi connectivity index (χ0v) is 11.3. The maximum atomic E-state index is 11.2. The Bertz CT molecular complexity index is 403. The van der Waals surface area contributed by atoms with Crippen LogP contribution in [0.25, 0.3) is 0 Å². The summed E-state index contributed by atoms with van der Waals surface area (Å²) in [5.41, 5.74) is 4.41. The van der Waals surface area contributed by atoms with E-state index in [0.29, 0.717) is 0 Å². The average molecular weight is 251 g/mol. The molecule has 0 aliphatic heterocycles. The number of hydrogen-bond donors (Lipinski definition) is 1. The third-order valence-corrected chi connectivity index (χ3v) is 4.62. The van der Waals surface area contributed by atoms with E-state index in [1.165, 1.54) is 36.0 Å². The van der Waals surface area contributed by atoms with Crippen molar-refractivity contribution in [3.05, 3.63) is 34.9 Å². The molecule has 0 saturated carbocycles. The molecule has 0 spiro atoms.